The molecule has 2 aliphatic rings. The van der Waals surface area contributed by atoms with Gasteiger partial charge in [0.15, 0.2) is 0 Å². The molecule has 166 valence electrons. The fourth-order valence-corrected chi connectivity index (χ4v) is 5.03. The molecule has 0 aliphatic carbocycles. The molecule has 5 rings (SSSR count). The second kappa shape index (κ2) is 8.90. The van der Waals surface area contributed by atoms with Gasteiger partial charge in [0.2, 0.25) is 5.91 Å². The molecule has 0 radical (unpaired) electrons. The lowest BCUT2D eigenvalue weighted by atomic mass is 9.91. The van der Waals surface area contributed by atoms with Gasteiger partial charge in [0.1, 0.15) is 5.82 Å². The Morgan fingerprint density at radius 1 is 1.00 bits per heavy atom. The standard InChI is InChI=1S/C24H26ClN5O2/c25-19-3-1-2-18(14-19)24(32)30-12-7-17(8-13-30)23(31)29-10-5-16(6-11-29)22-27-20-4-9-26-15-21(20)28-22/h1-4,9,14-17H,5-8,10-13H2,(H,27,28). The lowest BCUT2D eigenvalue weighted by Gasteiger charge is -2.37. The molecule has 7 nitrogen and oxygen atoms in total. The summed E-state index contributed by atoms with van der Waals surface area (Å²) in [6.45, 7) is 2.71. The number of carbonyl (C=O) groups is 2. The molecule has 2 aliphatic heterocycles. The first-order valence-electron chi connectivity index (χ1n) is 11.2. The minimum absolute atomic E-state index is 0.00719. The van der Waals surface area contributed by atoms with Crippen LogP contribution in [0.15, 0.2) is 42.7 Å². The highest BCUT2D eigenvalue weighted by Gasteiger charge is 2.33. The molecule has 32 heavy (non-hydrogen) atoms. The zero-order chi connectivity index (χ0) is 22.1. The highest BCUT2D eigenvalue weighted by Crippen LogP contribution is 2.30. The Labute approximate surface area is 191 Å². The Morgan fingerprint density at radius 2 is 1.75 bits per heavy atom. The predicted molar refractivity (Wildman–Crippen MR) is 123 cm³/mol. The molecule has 0 unspecified atom stereocenters. The smallest absolute Gasteiger partial charge is 0.253 e. The summed E-state index contributed by atoms with van der Waals surface area (Å²) in [6, 6.07) is 8.95. The topological polar surface area (TPSA) is 82.2 Å². The summed E-state index contributed by atoms with van der Waals surface area (Å²) in [4.78, 5) is 41.9. The van der Waals surface area contributed by atoms with E-state index in [1.807, 2.05) is 15.9 Å². The number of benzene rings is 1. The quantitative estimate of drug-likeness (QED) is 0.655. The van der Waals surface area contributed by atoms with Crippen molar-refractivity contribution in [2.45, 2.75) is 31.6 Å². The minimum atomic E-state index is -0.0137. The first-order valence-corrected chi connectivity index (χ1v) is 11.6. The number of imidazole rings is 1. The Hall–Kier alpha value is -2.93. The van der Waals surface area contributed by atoms with Gasteiger partial charge in [-0.05, 0) is 49.9 Å². The monoisotopic (exact) mass is 451 g/mol. The van der Waals surface area contributed by atoms with Crippen LogP contribution in [-0.4, -0.2) is 62.7 Å². The van der Waals surface area contributed by atoms with E-state index in [4.69, 9.17) is 16.6 Å². The molecule has 8 heteroatoms. The number of hydrogen-bond acceptors (Lipinski definition) is 4. The van der Waals surface area contributed by atoms with Crippen molar-refractivity contribution in [3.63, 3.8) is 0 Å². The zero-order valence-corrected chi connectivity index (χ0v) is 18.6. The first-order chi connectivity index (χ1) is 15.6. The van der Waals surface area contributed by atoms with Crippen LogP contribution in [0.3, 0.4) is 0 Å². The number of aromatic nitrogens is 3. The Balaban J connectivity index is 1.14. The van der Waals surface area contributed by atoms with E-state index in [1.54, 1.807) is 36.7 Å². The number of carbonyl (C=O) groups excluding carboxylic acids is 2. The molecule has 2 amide bonds. The Kier molecular flexibility index (Phi) is 5.83. The molecule has 0 bridgehead atoms. The summed E-state index contributed by atoms with van der Waals surface area (Å²) in [6.07, 6.45) is 6.79. The Morgan fingerprint density at radius 3 is 2.47 bits per heavy atom. The van der Waals surface area contributed by atoms with Crippen molar-refractivity contribution in [2.24, 2.45) is 5.92 Å². The van der Waals surface area contributed by atoms with E-state index in [-0.39, 0.29) is 17.7 Å². The molecule has 2 saturated heterocycles. The number of halogens is 1. The molecule has 1 N–H and O–H groups in total. The maximum atomic E-state index is 13.1. The summed E-state index contributed by atoms with van der Waals surface area (Å²) in [5.41, 5.74) is 2.50. The molecule has 3 aromatic rings. The number of hydrogen-bond donors (Lipinski definition) is 1. The highest BCUT2D eigenvalue weighted by molar-refractivity contribution is 6.30. The molecule has 4 heterocycles. The molecular weight excluding hydrogens is 426 g/mol. The highest BCUT2D eigenvalue weighted by atomic mass is 35.5. The third-order valence-corrected chi connectivity index (χ3v) is 6.93. The average Bonchev–Trinajstić information content (AvgIpc) is 3.28. The molecular formula is C24H26ClN5O2. The van der Waals surface area contributed by atoms with Crippen molar-refractivity contribution >= 4 is 34.4 Å². The van der Waals surface area contributed by atoms with Gasteiger partial charge in [0, 0.05) is 54.8 Å². The molecule has 0 spiro atoms. The molecule has 1 aromatic carbocycles. The SMILES string of the molecule is O=C(c1cccc(Cl)c1)N1CCC(C(=O)N2CCC(c3nc4ccncc4[nH]3)CC2)CC1. The van der Waals surface area contributed by atoms with Gasteiger partial charge in [-0.3, -0.25) is 14.6 Å². The maximum absolute atomic E-state index is 13.1. The predicted octanol–water partition coefficient (Wildman–Crippen LogP) is 3.87. The summed E-state index contributed by atoms with van der Waals surface area (Å²) >= 11 is 6.02. The number of likely N-dealkylation sites (tertiary alicyclic amines) is 2. The number of nitrogens with zero attached hydrogens (tertiary/aromatic N) is 4. The van der Waals surface area contributed by atoms with E-state index in [1.165, 1.54) is 0 Å². The number of piperidine rings is 2. The largest absolute Gasteiger partial charge is 0.342 e. The number of fused-ring (bicyclic) bond motifs is 1. The van der Waals surface area contributed by atoms with Crippen LogP contribution < -0.4 is 0 Å². The number of aromatic amines is 1. The molecule has 2 fully saturated rings. The van der Waals surface area contributed by atoms with Gasteiger partial charge in [0.05, 0.1) is 17.2 Å². The number of amides is 2. The summed E-state index contributed by atoms with van der Waals surface area (Å²) < 4.78 is 0. The van der Waals surface area contributed by atoms with E-state index < -0.39 is 0 Å². The fraction of sp³-hybridized carbons (Fsp3) is 0.417. The summed E-state index contributed by atoms with van der Waals surface area (Å²) in [7, 11) is 0. The van der Waals surface area contributed by atoms with E-state index >= 15 is 0 Å². The normalized spacial score (nSPS) is 18.3. The van der Waals surface area contributed by atoms with Gasteiger partial charge in [-0.25, -0.2) is 4.98 Å². The van der Waals surface area contributed by atoms with Crippen LogP contribution in [0.1, 0.15) is 47.8 Å². The van der Waals surface area contributed by atoms with Crippen LogP contribution in [0.25, 0.3) is 11.0 Å². The lowest BCUT2D eigenvalue weighted by molar-refractivity contribution is -0.138. The molecule has 0 atom stereocenters. The maximum Gasteiger partial charge on any atom is 0.253 e. The van der Waals surface area contributed by atoms with Gasteiger partial charge < -0.3 is 14.8 Å². The van der Waals surface area contributed by atoms with Crippen molar-refractivity contribution in [2.75, 3.05) is 26.2 Å². The average molecular weight is 452 g/mol. The van der Waals surface area contributed by atoms with Gasteiger partial charge in [0.25, 0.3) is 5.91 Å². The van der Waals surface area contributed by atoms with Crippen molar-refractivity contribution < 1.29 is 9.59 Å². The van der Waals surface area contributed by atoms with Crippen molar-refractivity contribution in [3.05, 3.63) is 59.1 Å². The third-order valence-electron chi connectivity index (χ3n) is 6.70. The van der Waals surface area contributed by atoms with E-state index in [0.717, 1.165) is 42.8 Å². The van der Waals surface area contributed by atoms with Crippen LogP contribution in [0, 0.1) is 5.92 Å². The van der Waals surface area contributed by atoms with Gasteiger partial charge in [-0.2, -0.15) is 0 Å². The van der Waals surface area contributed by atoms with Crippen LogP contribution in [-0.2, 0) is 4.79 Å². The van der Waals surface area contributed by atoms with Crippen LogP contribution >= 0.6 is 11.6 Å². The third kappa shape index (κ3) is 4.21. The second-order valence-corrected chi connectivity index (χ2v) is 9.13. The lowest BCUT2D eigenvalue weighted by Crippen LogP contribution is -2.46. The fourth-order valence-electron chi connectivity index (χ4n) is 4.84. The molecule has 0 saturated carbocycles. The van der Waals surface area contributed by atoms with Crippen LogP contribution in [0.5, 0.6) is 0 Å². The van der Waals surface area contributed by atoms with E-state index in [2.05, 4.69) is 9.97 Å². The van der Waals surface area contributed by atoms with E-state index in [9.17, 15) is 9.59 Å². The number of pyridine rings is 1. The number of nitrogens with one attached hydrogen (secondary N) is 1. The van der Waals surface area contributed by atoms with Crippen molar-refractivity contribution in [3.8, 4) is 0 Å². The Bertz CT molecular complexity index is 1100. The summed E-state index contributed by atoms with van der Waals surface area (Å²) in [5.74, 6) is 1.54. The second-order valence-electron chi connectivity index (χ2n) is 8.69. The zero-order valence-electron chi connectivity index (χ0n) is 17.8. The van der Waals surface area contributed by atoms with Crippen molar-refractivity contribution in [1.29, 1.82) is 0 Å². The first kappa shape index (κ1) is 20.9. The van der Waals surface area contributed by atoms with Crippen LogP contribution in [0.4, 0.5) is 0 Å². The number of H-pyrrole nitrogens is 1. The van der Waals surface area contributed by atoms with Gasteiger partial charge >= 0.3 is 0 Å². The van der Waals surface area contributed by atoms with Crippen molar-refractivity contribution in [1.82, 2.24) is 24.8 Å². The van der Waals surface area contributed by atoms with E-state index in [0.29, 0.717) is 42.4 Å². The molecule has 2 aromatic heterocycles. The summed E-state index contributed by atoms with van der Waals surface area (Å²) in [5, 5.41) is 0.559. The number of rotatable bonds is 3. The van der Waals surface area contributed by atoms with Crippen LogP contribution in [0.2, 0.25) is 5.02 Å². The van der Waals surface area contributed by atoms with Gasteiger partial charge in [-0.1, -0.05) is 17.7 Å². The van der Waals surface area contributed by atoms with Gasteiger partial charge in [-0.15, -0.1) is 0 Å². The minimum Gasteiger partial charge on any atom is -0.342 e.